The molecule has 0 aromatic heterocycles. The van der Waals surface area contributed by atoms with Gasteiger partial charge in [0.2, 0.25) is 0 Å². The molecule has 0 fully saturated rings. The predicted molar refractivity (Wildman–Crippen MR) is 64.3 cm³/mol. The van der Waals surface area contributed by atoms with Gasteiger partial charge in [-0.3, -0.25) is 0 Å². The summed E-state index contributed by atoms with van der Waals surface area (Å²) in [4.78, 5) is 0. The molecule has 0 bridgehead atoms. The Morgan fingerprint density at radius 3 is 2.67 bits per heavy atom. The Morgan fingerprint density at radius 1 is 1.27 bits per heavy atom. The van der Waals surface area contributed by atoms with Crippen LogP contribution in [0.15, 0.2) is 24.3 Å². The van der Waals surface area contributed by atoms with E-state index < -0.39 is 0 Å². The Hall–Kier alpha value is -1.02. The second kappa shape index (κ2) is 6.46. The smallest absolute Gasteiger partial charge is 0.124 e. The third kappa shape index (κ3) is 3.56. The Labute approximate surface area is 92.6 Å². The van der Waals surface area contributed by atoms with Crippen molar-refractivity contribution in [2.24, 2.45) is 0 Å². The Balaban J connectivity index is 2.72. The minimum absolute atomic E-state index is 0.354. The maximum absolute atomic E-state index is 5.60. The molecule has 0 radical (unpaired) electrons. The lowest BCUT2D eigenvalue weighted by Crippen LogP contribution is -2.19. The van der Waals surface area contributed by atoms with Crippen molar-refractivity contribution in [3.05, 3.63) is 29.8 Å². The summed E-state index contributed by atoms with van der Waals surface area (Å²) in [6.45, 7) is 8.13. The Morgan fingerprint density at radius 2 is 2.00 bits per heavy atom. The highest BCUT2D eigenvalue weighted by molar-refractivity contribution is 5.35. The minimum Gasteiger partial charge on any atom is -0.494 e. The summed E-state index contributed by atoms with van der Waals surface area (Å²) < 4.78 is 5.60. The summed E-state index contributed by atoms with van der Waals surface area (Å²) in [6, 6.07) is 8.58. The molecule has 0 aliphatic rings. The highest BCUT2D eigenvalue weighted by Crippen LogP contribution is 2.24. The fourth-order valence-corrected chi connectivity index (χ4v) is 1.60. The van der Waals surface area contributed by atoms with Gasteiger partial charge in [-0.15, -0.1) is 0 Å². The van der Waals surface area contributed by atoms with Gasteiger partial charge in [0, 0.05) is 11.6 Å². The second-order valence-corrected chi connectivity index (χ2v) is 3.65. The van der Waals surface area contributed by atoms with Crippen molar-refractivity contribution >= 4 is 0 Å². The molecule has 1 N–H and O–H groups in total. The number of benzene rings is 1. The van der Waals surface area contributed by atoms with Crippen LogP contribution >= 0.6 is 0 Å². The lowest BCUT2D eigenvalue weighted by Gasteiger charge is -2.17. The zero-order valence-electron chi connectivity index (χ0n) is 9.92. The summed E-state index contributed by atoms with van der Waals surface area (Å²) in [5, 5.41) is 3.47. The monoisotopic (exact) mass is 207 g/mol. The molecule has 0 aliphatic heterocycles. The lowest BCUT2D eigenvalue weighted by atomic mass is 10.1. The summed E-state index contributed by atoms with van der Waals surface area (Å²) in [5.74, 6) is 0.996. The van der Waals surface area contributed by atoms with E-state index in [1.165, 1.54) is 5.56 Å². The molecule has 0 spiro atoms. The van der Waals surface area contributed by atoms with Crippen LogP contribution < -0.4 is 10.1 Å². The number of hydrogen-bond acceptors (Lipinski definition) is 2. The molecule has 1 rings (SSSR count). The largest absolute Gasteiger partial charge is 0.494 e. The fourth-order valence-electron chi connectivity index (χ4n) is 1.60. The van der Waals surface area contributed by atoms with Gasteiger partial charge in [0.15, 0.2) is 0 Å². The molecule has 15 heavy (non-hydrogen) atoms. The van der Waals surface area contributed by atoms with Crippen LogP contribution in [0.3, 0.4) is 0 Å². The van der Waals surface area contributed by atoms with Gasteiger partial charge in [0.25, 0.3) is 0 Å². The molecule has 1 aromatic carbocycles. The first kappa shape index (κ1) is 12.1. The third-order valence-corrected chi connectivity index (χ3v) is 2.39. The van der Waals surface area contributed by atoms with Crippen LogP contribution in [0.25, 0.3) is 0 Å². The van der Waals surface area contributed by atoms with Crippen molar-refractivity contribution in [1.29, 1.82) is 0 Å². The lowest BCUT2D eigenvalue weighted by molar-refractivity contribution is 0.332. The van der Waals surface area contributed by atoms with Crippen LogP contribution in [0, 0.1) is 0 Å². The number of para-hydroxylation sites is 1. The Bertz CT molecular complexity index is 286. The minimum atomic E-state index is 0.354. The molecule has 0 saturated carbocycles. The van der Waals surface area contributed by atoms with Crippen molar-refractivity contribution in [2.75, 3.05) is 13.2 Å². The van der Waals surface area contributed by atoms with E-state index in [0.29, 0.717) is 6.04 Å². The molecule has 0 aliphatic carbocycles. The SMILES string of the molecule is CCCN[C@H](C)c1ccccc1OCC. The van der Waals surface area contributed by atoms with Gasteiger partial charge in [-0.25, -0.2) is 0 Å². The normalized spacial score (nSPS) is 12.5. The van der Waals surface area contributed by atoms with Crippen molar-refractivity contribution in [1.82, 2.24) is 5.32 Å². The van der Waals surface area contributed by atoms with E-state index in [-0.39, 0.29) is 0 Å². The highest BCUT2D eigenvalue weighted by Gasteiger charge is 2.09. The number of ether oxygens (including phenoxy) is 1. The summed E-state index contributed by atoms with van der Waals surface area (Å²) >= 11 is 0. The average Bonchev–Trinajstić information content (AvgIpc) is 2.27. The topological polar surface area (TPSA) is 21.3 Å². The van der Waals surface area contributed by atoms with Gasteiger partial charge >= 0.3 is 0 Å². The molecular formula is C13H21NO. The molecule has 1 aromatic rings. The van der Waals surface area contributed by atoms with Crippen molar-refractivity contribution < 1.29 is 4.74 Å². The standard InChI is InChI=1S/C13H21NO/c1-4-10-14-11(3)12-8-6-7-9-13(12)15-5-2/h6-9,11,14H,4-5,10H2,1-3H3/t11-/m1/s1. The van der Waals surface area contributed by atoms with E-state index in [1.807, 2.05) is 19.1 Å². The summed E-state index contributed by atoms with van der Waals surface area (Å²) in [6.07, 6.45) is 1.15. The van der Waals surface area contributed by atoms with Crippen molar-refractivity contribution in [3.8, 4) is 5.75 Å². The first-order chi connectivity index (χ1) is 7.29. The Kier molecular flexibility index (Phi) is 5.19. The zero-order chi connectivity index (χ0) is 11.1. The first-order valence-corrected chi connectivity index (χ1v) is 5.74. The van der Waals surface area contributed by atoms with E-state index in [1.54, 1.807) is 0 Å². The molecule has 2 heteroatoms. The third-order valence-electron chi connectivity index (χ3n) is 2.39. The predicted octanol–water partition coefficient (Wildman–Crippen LogP) is 3.15. The molecule has 84 valence electrons. The van der Waals surface area contributed by atoms with Gasteiger partial charge in [0.05, 0.1) is 6.61 Å². The molecular weight excluding hydrogens is 186 g/mol. The number of rotatable bonds is 6. The van der Waals surface area contributed by atoms with Gasteiger partial charge < -0.3 is 10.1 Å². The van der Waals surface area contributed by atoms with Gasteiger partial charge in [-0.1, -0.05) is 25.1 Å². The average molecular weight is 207 g/mol. The quantitative estimate of drug-likeness (QED) is 0.773. The molecule has 1 atom stereocenters. The van der Waals surface area contributed by atoms with Crippen LogP contribution in [-0.4, -0.2) is 13.2 Å². The van der Waals surface area contributed by atoms with Gasteiger partial charge in [-0.2, -0.15) is 0 Å². The number of hydrogen-bond donors (Lipinski definition) is 1. The van der Waals surface area contributed by atoms with E-state index >= 15 is 0 Å². The molecule has 0 heterocycles. The van der Waals surface area contributed by atoms with Crippen LogP contribution in [-0.2, 0) is 0 Å². The molecule has 0 amide bonds. The van der Waals surface area contributed by atoms with Gasteiger partial charge in [-0.05, 0) is 32.9 Å². The fraction of sp³-hybridized carbons (Fsp3) is 0.538. The first-order valence-electron chi connectivity index (χ1n) is 5.74. The van der Waals surface area contributed by atoms with E-state index in [9.17, 15) is 0 Å². The van der Waals surface area contributed by atoms with E-state index in [4.69, 9.17) is 4.74 Å². The summed E-state index contributed by atoms with van der Waals surface area (Å²) in [5.41, 5.74) is 1.24. The van der Waals surface area contributed by atoms with Crippen LogP contribution in [0.5, 0.6) is 5.75 Å². The molecule has 2 nitrogen and oxygen atoms in total. The maximum Gasteiger partial charge on any atom is 0.124 e. The summed E-state index contributed by atoms with van der Waals surface area (Å²) in [7, 11) is 0. The molecule has 0 saturated heterocycles. The number of nitrogens with one attached hydrogen (secondary N) is 1. The second-order valence-electron chi connectivity index (χ2n) is 3.65. The highest BCUT2D eigenvalue weighted by atomic mass is 16.5. The zero-order valence-corrected chi connectivity index (χ0v) is 9.92. The maximum atomic E-state index is 5.60. The molecule has 0 unspecified atom stereocenters. The van der Waals surface area contributed by atoms with Crippen LogP contribution in [0.1, 0.15) is 38.8 Å². The van der Waals surface area contributed by atoms with Crippen LogP contribution in [0.4, 0.5) is 0 Å². The van der Waals surface area contributed by atoms with E-state index in [2.05, 4.69) is 31.3 Å². The van der Waals surface area contributed by atoms with Gasteiger partial charge in [0.1, 0.15) is 5.75 Å². The van der Waals surface area contributed by atoms with Crippen molar-refractivity contribution in [3.63, 3.8) is 0 Å². The van der Waals surface area contributed by atoms with Crippen LogP contribution in [0.2, 0.25) is 0 Å². The van der Waals surface area contributed by atoms with E-state index in [0.717, 1.165) is 25.3 Å². The van der Waals surface area contributed by atoms with Crippen molar-refractivity contribution in [2.45, 2.75) is 33.2 Å².